The van der Waals surface area contributed by atoms with Crippen LogP contribution in [0.5, 0.6) is 0 Å². The van der Waals surface area contributed by atoms with Crippen molar-refractivity contribution in [3.8, 4) is 0 Å². The summed E-state index contributed by atoms with van der Waals surface area (Å²) in [5.41, 5.74) is 1.10. The molecule has 0 atom stereocenters. The lowest BCUT2D eigenvalue weighted by atomic mass is 10.2. The van der Waals surface area contributed by atoms with Crippen molar-refractivity contribution in [3.63, 3.8) is 0 Å². The second-order valence-electron chi connectivity index (χ2n) is 6.04. The number of carbonyl (C=O) groups excluding carboxylic acids is 1. The molecular formula is C19H16Cl2N2O3S. The summed E-state index contributed by atoms with van der Waals surface area (Å²) in [4.78, 5) is 16.6. The Labute approximate surface area is 167 Å². The second-order valence-corrected chi connectivity index (χ2v) is 8.84. The summed E-state index contributed by atoms with van der Waals surface area (Å²) >= 11 is 11.8. The zero-order valence-electron chi connectivity index (χ0n) is 14.4. The molecule has 0 aliphatic heterocycles. The van der Waals surface area contributed by atoms with E-state index in [1.54, 1.807) is 42.0 Å². The Morgan fingerprint density at radius 3 is 2.41 bits per heavy atom. The van der Waals surface area contributed by atoms with Gasteiger partial charge in [0.05, 0.1) is 9.92 Å². The third kappa shape index (κ3) is 4.58. The number of carbonyl (C=O) groups is 1. The second kappa shape index (κ2) is 7.84. The third-order valence-electron chi connectivity index (χ3n) is 4.02. The van der Waals surface area contributed by atoms with Gasteiger partial charge in [-0.05, 0) is 36.8 Å². The van der Waals surface area contributed by atoms with E-state index >= 15 is 0 Å². The number of nitrogens with zero attached hydrogens (tertiary/aromatic N) is 2. The molecule has 0 spiro atoms. The SMILES string of the molecule is Cc1nc(C(=O)CS(=O)(=O)c2ccccc2Cl)cn1Cc1ccc(Cl)cc1. The van der Waals surface area contributed by atoms with E-state index in [9.17, 15) is 13.2 Å². The predicted octanol–water partition coefficient (Wildman–Crippen LogP) is 4.20. The first kappa shape index (κ1) is 19.6. The van der Waals surface area contributed by atoms with E-state index in [1.807, 2.05) is 12.1 Å². The van der Waals surface area contributed by atoms with Crippen LogP contribution in [0.4, 0.5) is 0 Å². The summed E-state index contributed by atoms with van der Waals surface area (Å²) in [5, 5.41) is 0.733. The van der Waals surface area contributed by atoms with E-state index in [2.05, 4.69) is 4.98 Å². The molecule has 0 N–H and O–H groups in total. The van der Waals surface area contributed by atoms with E-state index in [0.717, 1.165) is 5.56 Å². The number of ketones is 1. The van der Waals surface area contributed by atoms with Gasteiger partial charge >= 0.3 is 0 Å². The average Bonchev–Trinajstić information content (AvgIpc) is 2.98. The van der Waals surface area contributed by atoms with Crippen LogP contribution in [0.1, 0.15) is 21.9 Å². The van der Waals surface area contributed by atoms with Crippen LogP contribution in [-0.4, -0.2) is 29.5 Å². The van der Waals surface area contributed by atoms with Gasteiger partial charge < -0.3 is 4.57 Å². The molecule has 0 fully saturated rings. The van der Waals surface area contributed by atoms with Crippen molar-refractivity contribution in [2.24, 2.45) is 0 Å². The Hall–Kier alpha value is -2.15. The van der Waals surface area contributed by atoms with Gasteiger partial charge in [0.1, 0.15) is 17.3 Å². The minimum atomic E-state index is -3.85. The molecule has 0 amide bonds. The zero-order chi connectivity index (χ0) is 19.6. The average molecular weight is 423 g/mol. The zero-order valence-corrected chi connectivity index (χ0v) is 16.7. The number of Topliss-reactive ketones (excluding diaryl/α,β-unsaturated/α-hetero) is 1. The highest BCUT2D eigenvalue weighted by Crippen LogP contribution is 2.22. The smallest absolute Gasteiger partial charge is 0.198 e. The van der Waals surface area contributed by atoms with E-state index in [4.69, 9.17) is 23.2 Å². The van der Waals surface area contributed by atoms with Gasteiger partial charge in [-0.2, -0.15) is 0 Å². The molecule has 2 aromatic carbocycles. The first-order valence-corrected chi connectivity index (χ1v) is 10.5. The first-order valence-electron chi connectivity index (χ1n) is 8.05. The fourth-order valence-corrected chi connectivity index (χ4v) is 4.52. The van der Waals surface area contributed by atoms with Crippen molar-refractivity contribution >= 4 is 38.8 Å². The summed E-state index contributed by atoms with van der Waals surface area (Å²) in [5.74, 6) is -0.648. The van der Waals surface area contributed by atoms with Crippen molar-refractivity contribution in [1.82, 2.24) is 9.55 Å². The van der Waals surface area contributed by atoms with Crippen LogP contribution in [0.25, 0.3) is 0 Å². The normalized spacial score (nSPS) is 11.5. The molecule has 1 aromatic heterocycles. The minimum absolute atomic E-state index is 0.0580. The van der Waals surface area contributed by atoms with E-state index in [-0.39, 0.29) is 15.6 Å². The van der Waals surface area contributed by atoms with Gasteiger partial charge in [-0.25, -0.2) is 13.4 Å². The number of sulfone groups is 1. The number of halogens is 2. The highest BCUT2D eigenvalue weighted by atomic mass is 35.5. The van der Waals surface area contributed by atoms with Crippen LogP contribution in [0, 0.1) is 6.92 Å². The number of aryl methyl sites for hydroxylation is 1. The van der Waals surface area contributed by atoms with Gasteiger partial charge in [0.25, 0.3) is 0 Å². The quantitative estimate of drug-likeness (QED) is 0.558. The lowest BCUT2D eigenvalue weighted by molar-refractivity contribution is 0.101. The molecule has 8 heteroatoms. The van der Waals surface area contributed by atoms with E-state index < -0.39 is 21.4 Å². The minimum Gasteiger partial charge on any atom is -0.330 e. The lowest BCUT2D eigenvalue weighted by Gasteiger charge is -2.05. The van der Waals surface area contributed by atoms with Crippen molar-refractivity contribution in [2.45, 2.75) is 18.4 Å². The maximum absolute atomic E-state index is 12.5. The van der Waals surface area contributed by atoms with Crippen molar-refractivity contribution in [3.05, 3.63) is 81.9 Å². The number of rotatable bonds is 6. The fraction of sp³-hybridized carbons (Fsp3) is 0.158. The maximum atomic E-state index is 12.5. The monoisotopic (exact) mass is 422 g/mol. The van der Waals surface area contributed by atoms with Crippen LogP contribution in [0.15, 0.2) is 59.6 Å². The first-order chi connectivity index (χ1) is 12.8. The van der Waals surface area contributed by atoms with Gasteiger partial charge in [0, 0.05) is 17.8 Å². The highest BCUT2D eigenvalue weighted by Gasteiger charge is 2.24. The van der Waals surface area contributed by atoms with Crippen LogP contribution in [0.3, 0.4) is 0 Å². The molecular weight excluding hydrogens is 407 g/mol. The predicted molar refractivity (Wildman–Crippen MR) is 105 cm³/mol. The largest absolute Gasteiger partial charge is 0.330 e. The summed E-state index contributed by atoms with van der Waals surface area (Å²) in [6.07, 6.45) is 1.56. The van der Waals surface area contributed by atoms with Gasteiger partial charge in [-0.3, -0.25) is 4.79 Å². The summed E-state index contributed by atoms with van der Waals surface area (Å²) in [6.45, 7) is 2.26. The molecule has 3 rings (SSSR count). The number of hydrogen-bond donors (Lipinski definition) is 0. The van der Waals surface area contributed by atoms with Gasteiger partial charge in [0.2, 0.25) is 0 Å². The number of imidazole rings is 1. The Kier molecular flexibility index (Phi) is 5.69. The van der Waals surface area contributed by atoms with E-state index in [0.29, 0.717) is 17.4 Å². The molecule has 0 bridgehead atoms. The molecule has 0 radical (unpaired) electrons. The molecule has 1 heterocycles. The fourth-order valence-electron chi connectivity index (χ4n) is 2.61. The molecule has 140 valence electrons. The molecule has 0 saturated carbocycles. The number of benzene rings is 2. The van der Waals surface area contributed by atoms with Crippen LogP contribution < -0.4 is 0 Å². The third-order valence-corrected chi connectivity index (χ3v) is 6.38. The molecule has 0 saturated heterocycles. The summed E-state index contributed by atoms with van der Waals surface area (Å²) < 4.78 is 26.8. The van der Waals surface area contributed by atoms with Crippen molar-refractivity contribution in [1.29, 1.82) is 0 Å². The standard InChI is InChI=1S/C19H16Cl2N2O3S/c1-13-22-17(11-23(13)10-14-6-8-15(20)9-7-14)18(24)12-27(25,26)19-5-3-2-4-16(19)21/h2-9,11H,10,12H2,1H3. The Morgan fingerprint density at radius 1 is 1.07 bits per heavy atom. The van der Waals surface area contributed by atoms with Gasteiger partial charge in [-0.1, -0.05) is 47.5 Å². The lowest BCUT2D eigenvalue weighted by Crippen LogP contribution is -2.17. The van der Waals surface area contributed by atoms with Crippen LogP contribution in [-0.2, 0) is 16.4 Å². The maximum Gasteiger partial charge on any atom is 0.198 e. The van der Waals surface area contributed by atoms with Crippen molar-refractivity contribution in [2.75, 3.05) is 5.75 Å². The number of aromatic nitrogens is 2. The molecule has 0 unspecified atom stereocenters. The Morgan fingerprint density at radius 2 is 1.74 bits per heavy atom. The van der Waals surface area contributed by atoms with E-state index in [1.165, 1.54) is 12.1 Å². The highest BCUT2D eigenvalue weighted by molar-refractivity contribution is 7.92. The Balaban J connectivity index is 1.80. The van der Waals surface area contributed by atoms with Crippen LogP contribution in [0.2, 0.25) is 10.0 Å². The van der Waals surface area contributed by atoms with Gasteiger partial charge in [-0.15, -0.1) is 0 Å². The summed E-state index contributed by atoms with van der Waals surface area (Å²) in [6, 6.07) is 13.4. The molecule has 0 aliphatic rings. The van der Waals surface area contributed by atoms with Crippen molar-refractivity contribution < 1.29 is 13.2 Å². The molecule has 27 heavy (non-hydrogen) atoms. The summed E-state index contributed by atoms with van der Waals surface area (Å²) in [7, 11) is -3.85. The molecule has 5 nitrogen and oxygen atoms in total. The van der Waals surface area contributed by atoms with Crippen LogP contribution >= 0.6 is 23.2 Å². The Bertz CT molecular complexity index is 1090. The van der Waals surface area contributed by atoms with Gasteiger partial charge in [0.15, 0.2) is 15.6 Å². The number of hydrogen-bond acceptors (Lipinski definition) is 4. The topological polar surface area (TPSA) is 69.0 Å². The molecule has 0 aliphatic carbocycles. The molecule has 3 aromatic rings.